The molecule has 0 saturated heterocycles. The number of ether oxygens (including phenoxy) is 2. The van der Waals surface area contributed by atoms with Gasteiger partial charge >= 0.3 is 5.76 Å². The molecule has 0 aliphatic carbocycles. The van der Waals surface area contributed by atoms with Crippen molar-refractivity contribution in [1.29, 1.82) is 0 Å². The fourth-order valence-electron chi connectivity index (χ4n) is 2.93. The molecule has 4 rings (SSSR count). The molecule has 0 saturated carbocycles. The van der Waals surface area contributed by atoms with Crippen molar-refractivity contribution in [1.82, 2.24) is 9.29 Å². The Morgan fingerprint density at radius 3 is 2.68 bits per heavy atom. The molecule has 0 fully saturated rings. The van der Waals surface area contributed by atoms with Crippen LogP contribution in [0.1, 0.15) is 11.7 Å². The second-order valence-corrected chi connectivity index (χ2v) is 8.09. The van der Waals surface area contributed by atoms with E-state index in [2.05, 4.69) is 4.72 Å². The lowest BCUT2D eigenvalue weighted by Gasteiger charge is -2.20. The van der Waals surface area contributed by atoms with Crippen molar-refractivity contribution < 1.29 is 27.4 Å². The molecule has 1 atom stereocenters. The second-order valence-electron chi connectivity index (χ2n) is 6.33. The maximum absolute atomic E-state index is 12.6. The number of aromatic nitrogens is 1. The summed E-state index contributed by atoms with van der Waals surface area (Å²) in [6.45, 7) is 0.643. The Morgan fingerprint density at radius 2 is 1.89 bits per heavy atom. The number of aryl methyl sites for hydroxylation is 1. The lowest BCUT2D eigenvalue weighted by Crippen LogP contribution is -2.28. The highest BCUT2D eigenvalue weighted by Crippen LogP contribution is 2.32. The topological polar surface area (TPSA) is 120 Å². The van der Waals surface area contributed by atoms with Crippen LogP contribution < -0.4 is 20.0 Å². The van der Waals surface area contributed by atoms with Crippen LogP contribution >= 0.6 is 0 Å². The van der Waals surface area contributed by atoms with Gasteiger partial charge in [-0.05, 0) is 35.9 Å². The van der Waals surface area contributed by atoms with Crippen LogP contribution in [0.25, 0.3) is 11.1 Å². The van der Waals surface area contributed by atoms with Crippen LogP contribution in [0.2, 0.25) is 0 Å². The maximum atomic E-state index is 12.6. The van der Waals surface area contributed by atoms with E-state index in [1.165, 1.54) is 29.8 Å². The van der Waals surface area contributed by atoms with Crippen molar-refractivity contribution in [2.24, 2.45) is 7.05 Å². The summed E-state index contributed by atoms with van der Waals surface area (Å²) >= 11 is 0. The third-order valence-electron chi connectivity index (χ3n) is 4.49. The molecule has 1 aliphatic rings. The van der Waals surface area contributed by atoms with Crippen molar-refractivity contribution in [2.75, 3.05) is 19.8 Å². The van der Waals surface area contributed by atoms with Crippen LogP contribution in [0, 0.1) is 0 Å². The molecule has 0 bridgehead atoms. The van der Waals surface area contributed by atoms with E-state index in [0.717, 1.165) is 0 Å². The summed E-state index contributed by atoms with van der Waals surface area (Å²) in [5, 5.41) is 10.4. The third-order valence-corrected chi connectivity index (χ3v) is 5.91. The summed E-state index contributed by atoms with van der Waals surface area (Å²) in [4.78, 5) is 11.5. The minimum Gasteiger partial charge on any atom is -0.486 e. The van der Waals surface area contributed by atoms with E-state index >= 15 is 0 Å². The Balaban J connectivity index is 1.52. The molecular weight excluding hydrogens is 388 g/mol. The molecule has 10 heteroatoms. The summed E-state index contributed by atoms with van der Waals surface area (Å²) in [7, 11) is -2.41. The van der Waals surface area contributed by atoms with Crippen LogP contribution in [0.4, 0.5) is 0 Å². The summed E-state index contributed by atoms with van der Waals surface area (Å²) < 4.78 is 44.6. The SMILES string of the molecule is Cn1c(=O)oc2ccc(S(=O)(=O)NCC(O)c3ccc4c(c3)OCCO4)cc21. The van der Waals surface area contributed by atoms with Gasteiger partial charge in [-0.2, -0.15) is 0 Å². The zero-order chi connectivity index (χ0) is 19.9. The number of rotatable bonds is 5. The average Bonchev–Trinajstić information content (AvgIpc) is 2.99. The highest BCUT2D eigenvalue weighted by molar-refractivity contribution is 7.89. The number of sulfonamides is 1. The van der Waals surface area contributed by atoms with Gasteiger partial charge in [-0.15, -0.1) is 0 Å². The minimum absolute atomic E-state index is 0.0363. The smallest absolute Gasteiger partial charge is 0.419 e. The number of hydrogen-bond acceptors (Lipinski definition) is 7. The van der Waals surface area contributed by atoms with Crippen LogP contribution in [-0.2, 0) is 17.1 Å². The average molecular weight is 406 g/mol. The number of nitrogens with zero attached hydrogens (tertiary/aromatic N) is 1. The summed E-state index contributed by atoms with van der Waals surface area (Å²) in [6.07, 6.45) is -1.08. The van der Waals surface area contributed by atoms with Gasteiger partial charge in [-0.1, -0.05) is 6.07 Å². The highest BCUT2D eigenvalue weighted by Gasteiger charge is 2.20. The second kappa shape index (κ2) is 6.97. The van der Waals surface area contributed by atoms with E-state index in [4.69, 9.17) is 13.9 Å². The van der Waals surface area contributed by atoms with Crippen molar-refractivity contribution >= 4 is 21.1 Å². The van der Waals surface area contributed by atoms with Crippen molar-refractivity contribution in [3.8, 4) is 11.5 Å². The predicted molar refractivity (Wildman–Crippen MR) is 99.0 cm³/mol. The number of aliphatic hydroxyl groups excluding tert-OH is 1. The summed E-state index contributed by atoms with van der Waals surface area (Å²) in [5.41, 5.74) is 1.16. The van der Waals surface area contributed by atoms with Crippen LogP contribution in [0.5, 0.6) is 11.5 Å². The quantitative estimate of drug-likeness (QED) is 0.646. The molecule has 9 nitrogen and oxygen atoms in total. The lowest BCUT2D eigenvalue weighted by molar-refractivity contribution is 0.165. The molecule has 0 amide bonds. The van der Waals surface area contributed by atoms with Gasteiger partial charge in [-0.3, -0.25) is 4.57 Å². The largest absolute Gasteiger partial charge is 0.486 e. The molecule has 1 aliphatic heterocycles. The van der Waals surface area contributed by atoms with Crippen LogP contribution in [-0.4, -0.2) is 37.8 Å². The zero-order valence-corrected chi connectivity index (χ0v) is 15.7. The van der Waals surface area contributed by atoms with Gasteiger partial charge in [0, 0.05) is 13.6 Å². The Labute approximate surface area is 160 Å². The maximum Gasteiger partial charge on any atom is 0.419 e. The molecule has 1 aromatic heterocycles. The third kappa shape index (κ3) is 3.37. The molecule has 2 aromatic carbocycles. The predicted octanol–water partition coefficient (Wildman–Crippen LogP) is 0.915. The fraction of sp³-hybridized carbons (Fsp3) is 0.278. The Kier molecular flexibility index (Phi) is 4.61. The first kappa shape index (κ1) is 18.5. The molecule has 1 unspecified atom stereocenters. The van der Waals surface area contributed by atoms with Crippen molar-refractivity contribution in [3.63, 3.8) is 0 Å². The number of hydrogen-bond donors (Lipinski definition) is 2. The van der Waals surface area contributed by atoms with Gasteiger partial charge < -0.3 is 19.0 Å². The van der Waals surface area contributed by atoms with Crippen LogP contribution in [0.15, 0.2) is 50.5 Å². The van der Waals surface area contributed by atoms with E-state index in [9.17, 15) is 18.3 Å². The van der Waals surface area contributed by atoms with Gasteiger partial charge in [0.1, 0.15) is 13.2 Å². The Hall–Kier alpha value is -2.82. The summed E-state index contributed by atoms with van der Waals surface area (Å²) in [6, 6.07) is 9.06. The van der Waals surface area contributed by atoms with E-state index in [0.29, 0.717) is 41.4 Å². The van der Waals surface area contributed by atoms with Crippen molar-refractivity contribution in [3.05, 3.63) is 52.5 Å². The lowest BCUT2D eigenvalue weighted by atomic mass is 10.1. The molecule has 2 N–H and O–H groups in total. The first-order valence-corrected chi connectivity index (χ1v) is 10.0. The minimum atomic E-state index is -3.90. The van der Waals surface area contributed by atoms with E-state index in [1.54, 1.807) is 18.2 Å². The highest BCUT2D eigenvalue weighted by atomic mass is 32.2. The summed E-state index contributed by atoms with van der Waals surface area (Å²) in [5.74, 6) is 0.519. The number of benzene rings is 2. The number of oxazole rings is 1. The monoisotopic (exact) mass is 406 g/mol. The number of aliphatic hydroxyl groups is 1. The van der Waals surface area contributed by atoms with Crippen molar-refractivity contribution in [2.45, 2.75) is 11.0 Å². The molecule has 0 radical (unpaired) electrons. The van der Waals surface area contributed by atoms with E-state index in [1.807, 2.05) is 0 Å². The van der Waals surface area contributed by atoms with Gasteiger partial charge in [0.25, 0.3) is 0 Å². The van der Waals surface area contributed by atoms with E-state index in [-0.39, 0.29) is 11.4 Å². The standard InChI is InChI=1S/C18H18N2O7S/c1-20-13-9-12(3-5-15(13)27-18(20)22)28(23,24)19-10-14(21)11-2-4-16-17(8-11)26-7-6-25-16/h2-5,8-9,14,19,21H,6-7,10H2,1H3. The zero-order valence-electron chi connectivity index (χ0n) is 14.9. The first-order valence-electron chi connectivity index (χ1n) is 8.52. The molecular formula is C18H18N2O7S. The number of nitrogens with one attached hydrogen (secondary N) is 1. The molecule has 3 aromatic rings. The molecule has 2 heterocycles. The van der Waals surface area contributed by atoms with Crippen LogP contribution in [0.3, 0.4) is 0 Å². The molecule has 0 spiro atoms. The van der Waals surface area contributed by atoms with Gasteiger partial charge in [0.2, 0.25) is 10.0 Å². The normalized spacial score (nSPS) is 14.9. The first-order chi connectivity index (χ1) is 13.3. The fourth-order valence-corrected chi connectivity index (χ4v) is 3.99. The molecule has 28 heavy (non-hydrogen) atoms. The van der Waals surface area contributed by atoms with Gasteiger partial charge in [-0.25, -0.2) is 17.9 Å². The van der Waals surface area contributed by atoms with E-state index < -0.39 is 21.9 Å². The Bertz CT molecular complexity index is 1200. The Morgan fingerprint density at radius 1 is 1.14 bits per heavy atom. The molecule has 148 valence electrons. The van der Waals surface area contributed by atoms with Gasteiger partial charge in [0.05, 0.1) is 16.5 Å². The number of fused-ring (bicyclic) bond motifs is 2. The van der Waals surface area contributed by atoms with Gasteiger partial charge in [0.15, 0.2) is 17.1 Å².